The summed E-state index contributed by atoms with van der Waals surface area (Å²) in [5.41, 5.74) is 5.54. The van der Waals surface area contributed by atoms with Gasteiger partial charge in [0.15, 0.2) is 0 Å². The molecule has 2 aliphatic rings. The van der Waals surface area contributed by atoms with E-state index < -0.39 is 0 Å². The molecular formula is C25H29N7. The van der Waals surface area contributed by atoms with Crippen LogP contribution in [0.4, 0.5) is 0 Å². The Bertz CT molecular complexity index is 1250. The number of nitrogens with one attached hydrogen (secondary N) is 1. The molecule has 0 saturated carbocycles. The molecule has 0 spiro atoms. The molecule has 5 heterocycles. The number of aromatic nitrogens is 6. The molecule has 2 aliphatic heterocycles. The number of aromatic amines is 1. The van der Waals surface area contributed by atoms with Crippen LogP contribution in [0, 0.1) is 6.92 Å². The van der Waals surface area contributed by atoms with Crippen LogP contribution in [0.15, 0.2) is 36.5 Å². The molecule has 3 aromatic heterocycles. The maximum atomic E-state index is 4.80. The number of imidazole rings is 1. The maximum absolute atomic E-state index is 4.80. The average molecular weight is 428 g/mol. The molecule has 0 bridgehead atoms. The van der Waals surface area contributed by atoms with Crippen LogP contribution < -0.4 is 0 Å². The van der Waals surface area contributed by atoms with Gasteiger partial charge in [-0.05, 0) is 57.8 Å². The quantitative estimate of drug-likeness (QED) is 0.527. The minimum atomic E-state index is 0.524. The van der Waals surface area contributed by atoms with Gasteiger partial charge in [-0.15, -0.1) is 0 Å². The Balaban J connectivity index is 1.12. The summed E-state index contributed by atoms with van der Waals surface area (Å²) in [7, 11) is 0. The van der Waals surface area contributed by atoms with E-state index in [2.05, 4.69) is 49.8 Å². The van der Waals surface area contributed by atoms with E-state index in [1.807, 2.05) is 18.3 Å². The minimum Gasteiger partial charge on any atom is -0.327 e. The molecule has 164 valence electrons. The van der Waals surface area contributed by atoms with Crippen molar-refractivity contribution in [1.82, 2.24) is 34.6 Å². The predicted octanol–water partition coefficient (Wildman–Crippen LogP) is 4.24. The number of piperidine rings is 1. The molecule has 1 fully saturated rings. The number of rotatable bonds is 4. The van der Waals surface area contributed by atoms with Crippen LogP contribution in [0.1, 0.15) is 54.6 Å². The second-order valence-electron chi connectivity index (χ2n) is 9.17. The van der Waals surface area contributed by atoms with Crippen LogP contribution in [0.3, 0.4) is 0 Å². The van der Waals surface area contributed by atoms with Gasteiger partial charge in [0.05, 0.1) is 24.0 Å². The van der Waals surface area contributed by atoms with Gasteiger partial charge in [0.25, 0.3) is 0 Å². The highest BCUT2D eigenvalue weighted by Crippen LogP contribution is 2.31. The molecule has 1 N–H and O–H groups in total. The van der Waals surface area contributed by atoms with E-state index in [4.69, 9.17) is 9.97 Å². The van der Waals surface area contributed by atoms with Crippen LogP contribution in [0.2, 0.25) is 0 Å². The summed E-state index contributed by atoms with van der Waals surface area (Å²) in [4.78, 5) is 16.7. The fraction of sp³-hybridized carbons (Fsp3) is 0.440. The summed E-state index contributed by atoms with van der Waals surface area (Å²) in [5, 5.41) is 9.12. The lowest BCUT2D eigenvalue weighted by Crippen LogP contribution is -2.33. The van der Waals surface area contributed by atoms with E-state index in [0.717, 1.165) is 79.3 Å². The molecule has 32 heavy (non-hydrogen) atoms. The molecule has 6 rings (SSSR count). The smallest absolute Gasteiger partial charge is 0.143 e. The second kappa shape index (κ2) is 8.13. The minimum absolute atomic E-state index is 0.524. The van der Waals surface area contributed by atoms with Crippen LogP contribution >= 0.6 is 0 Å². The third-order valence-corrected chi connectivity index (χ3v) is 7.06. The van der Waals surface area contributed by atoms with Crippen molar-refractivity contribution in [3.63, 3.8) is 0 Å². The Morgan fingerprint density at radius 2 is 1.94 bits per heavy atom. The predicted molar refractivity (Wildman–Crippen MR) is 124 cm³/mol. The Kier molecular flexibility index (Phi) is 4.98. The van der Waals surface area contributed by atoms with E-state index >= 15 is 0 Å². The lowest BCUT2D eigenvalue weighted by molar-refractivity contribution is 0.199. The topological polar surface area (TPSA) is 75.5 Å². The van der Waals surface area contributed by atoms with Gasteiger partial charge in [0.2, 0.25) is 0 Å². The summed E-state index contributed by atoms with van der Waals surface area (Å²) in [6.45, 7) is 6.05. The van der Waals surface area contributed by atoms with E-state index in [-0.39, 0.29) is 0 Å². The zero-order chi connectivity index (χ0) is 21.5. The number of nitrogens with zero attached hydrogens (tertiary/aromatic N) is 6. The van der Waals surface area contributed by atoms with Crippen molar-refractivity contribution in [2.45, 2.75) is 58.0 Å². The number of hydrogen-bond acceptors (Lipinski definition) is 5. The molecule has 7 nitrogen and oxygen atoms in total. The number of aryl methyl sites for hydroxylation is 2. The SMILES string of the molecule is Cc1nc(CN2CCC(c3cc(-c4cnc5n4CCCC5)n[nH]3)CC2)nc2ccccc12. The number of fused-ring (bicyclic) bond motifs is 2. The molecule has 1 saturated heterocycles. The van der Waals surface area contributed by atoms with Crippen molar-refractivity contribution >= 4 is 10.9 Å². The first-order valence-electron chi connectivity index (χ1n) is 11.8. The van der Waals surface area contributed by atoms with Gasteiger partial charge in [-0.2, -0.15) is 5.10 Å². The first kappa shape index (κ1) is 19.6. The number of para-hydroxylation sites is 1. The van der Waals surface area contributed by atoms with Crippen molar-refractivity contribution in [1.29, 1.82) is 0 Å². The van der Waals surface area contributed by atoms with Gasteiger partial charge in [0, 0.05) is 35.7 Å². The van der Waals surface area contributed by atoms with E-state index in [9.17, 15) is 0 Å². The zero-order valence-corrected chi connectivity index (χ0v) is 18.6. The summed E-state index contributed by atoms with van der Waals surface area (Å²) in [6.07, 6.45) is 7.79. The van der Waals surface area contributed by atoms with Gasteiger partial charge in [-0.1, -0.05) is 18.2 Å². The monoisotopic (exact) mass is 427 g/mol. The molecule has 0 amide bonds. The number of benzene rings is 1. The van der Waals surface area contributed by atoms with Crippen LogP contribution in [0.5, 0.6) is 0 Å². The zero-order valence-electron chi connectivity index (χ0n) is 18.6. The van der Waals surface area contributed by atoms with Gasteiger partial charge in [-0.3, -0.25) is 10.00 Å². The fourth-order valence-corrected chi connectivity index (χ4v) is 5.27. The highest BCUT2D eigenvalue weighted by molar-refractivity contribution is 5.80. The first-order valence-corrected chi connectivity index (χ1v) is 11.8. The van der Waals surface area contributed by atoms with Crippen molar-refractivity contribution in [2.75, 3.05) is 13.1 Å². The highest BCUT2D eigenvalue weighted by Gasteiger charge is 2.24. The first-order chi connectivity index (χ1) is 15.7. The summed E-state index contributed by atoms with van der Waals surface area (Å²) in [5.74, 6) is 2.65. The number of likely N-dealkylation sites (tertiary alicyclic amines) is 1. The Labute approximate surface area is 187 Å². The highest BCUT2D eigenvalue weighted by atomic mass is 15.2. The molecule has 0 unspecified atom stereocenters. The third kappa shape index (κ3) is 3.60. The Morgan fingerprint density at radius 1 is 1.06 bits per heavy atom. The number of hydrogen-bond donors (Lipinski definition) is 1. The summed E-state index contributed by atoms with van der Waals surface area (Å²) in [6, 6.07) is 10.5. The average Bonchev–Trinajstić information content (AvgIpc) is 3.47. The molecule has 0 atom stereocenters. The Morgan fingerprint density at radius 3 is 2.84 bits per heavy atom. The van der Waals surface area contributed by atoms with E-state index in [1.54, 1.807) is 0 Å². The van der Waals surface area contributed by atoms with Crippen LogP contribution in [-0.2, 0) is 19.5 Å². The van der Waals surface area contributed by atoms with Crippen molar-refractivity contribution in [3.05, 3.63) is 59.6 Å². The van der Waals surface area contributed by atoms with Crippen LogP contribution in [-0.4, -0.2) is 47.7 Å². The summed E-state index contributed by atoms with van der Waals surface area (Å²) >= 11 is 0. The number of H-pyrrole nitrogens is 1. The molecule has 0 aliphatic carbocycles. The molecule has 0 radical (unpaired) electrons. The second-order valence-corrected chi connectivity index (χ2v) is 9.17. The lowest BCUT2D eigenvalue weighted by atomic mass is 9.93. The largest absolute Gasteiger partial charge is 0.327 e. The molecule has 4 aromatic rings. The van der Waals surface area contributed by atoms with Gasteiger partial charge in [0.1, 0.15) is 17.3 Å². The van der Waals surface area contributed by atoms with Crippen molar-refractivity contribution < 1.29 is 0 Å². The Hall–Kier alpha value is -3.06. The molecular weight excluding hydrogens is 398 g/mol. The maximum Gasteiger partial charge on any atom is 0.143 e. The molecule has 7 heteroatoms. The van der Waals surface area contributed by atoms with Crippen molar-refractivity contribution in [3.8, 4) is 11.4 Å². The third-order valence-electron chi connectivity index (χ3n) is 7.06. The summed E-state index contributed by atoms with van der Waals surface area (Å²) < 4.78 is 2.34. The lowest BCUT2D eigenvalue weighted by Gasteiger charge is -2.30. The normalized spacial score (nSPS) is 17.7. The van der Waals surface area contributed by atoms with Crippen molar-refractivity contribution in [2.24, 2.45) is 0 Å². The fourth-order valence-electron chi connectivity index (χ4n) is 5.27. The van der Waals surface area contributed by atoms with Gasteiger partial charge < -0.3 is 4.57 Å². The van der Waals surface area contributed by atoms with Gasteiger partial charge >= 0.3 is 0 Å². The molecule has 1 aromatic carbocycles. The van der Waals surface area contributed by atoms with E-state index in [1.165, 1.54) is 24.4 Å². The standard InChI is InChI=1S/C25H29N7/c1-17-19-6-2-3-7-20(19)28-24(27-17)16-31-12-9-18(10-13-31)21-14-22(30-29-21)23-15-26-25-8-4-5-11-32(23)25/h2-3,6-7,14-15,18H,4-5,8-13,16H2,1H3,(H,29,30). The van der Waals surface area contributed by atoms with Crippen LogP contribution in [0.25, 0.3) is 22.3 Å². The van der Waals surface area contributed by atoms with E-state index in [0.29, 0.717) is 5.92 Å². The van der Waals surface area contributed by atoms with Gasteiger partial charge in [-0.25, -0.2) is 15.0 Å².